The van der Waals surface area contributed by atoms with E-state index in [1.165, 1.54) is 11.3 Å². The van der Waals surface area contributed by atoms with Gasteiger partial charge in [-0.1, -0.05) is 11.3 Å². The quantitative estimate of drug-likeness (QED) is 0.765. The Morgan fingerprint density at radius 2 is 2.38 bits per heavy atom. The molecular formula is C7H7ClN4S. The van der Waals surface area contributed by atoms with Crippen molar-refractivity contribution in [1.29, 1.82) is 0 Å². The molecule has 0 radical (unpaired) electrons. The Kier molecular flexibility index (Phi) is 2.28. The number of hydrogen-bond acceptors (Lipinski definition) is 4. The predicted octanol–water partition coefficient (Wildman–Crippen LogP) is 1.74. The van der Waals surface area contributed by atoms with Crippen LogP contribution in [0.4, 0.5) is 0 Å². The molecule has 4 nitrogen and oxygen atoms in total. The van der Waals surface area contributed by atoms with Crippen LogP contribution in [-0.4, -0.2) is 20.0 Å². The fraction of sp³-hybridized carbons (Fsp3) is 0.286. The molecule has 0 spiro atoms. The third-order valence-electron chi connectivity index (χ3n) is 1.50. The minimum absolute atomic E-state index is 0.471. The zero-order chi connectivity index (χ0) is 9.26. The van der Waals surface area contributed by atoms with Gasteiger partial charge in [0.1, 0.15) is 5.01 Å². The van der Waals surface area contributed by atoms with Gasteiger partial charge in [0.15, 0.2) is 0 Å². The van der Waals surface area contributed by atoms with Crippen molar-refractivity contribution in [3.05, 3.63) is 27.4 Å². The standard InChI is InChI=1S/C7H7ClN4S/c1-5-2-9-12(3-5)4-6-10-11-7(8)13-6/h2-3H,4H2,1H3. The topological polar surface area (TPSA) is 43.6 Å². The Bertz CT molecular complexity index is 370. The molecule has 6 heteroatoms. The first kappa shape index (κ1) is 8.65. The zero-order valence-electron chi connectivity index (χ0n) is 6.94. The largest absolute Gasteiger partial charge is 0.266 e. The van der Waals surface area contributed by atoms with Gasteiger partial charge >= 0.3 is 0 Å². The van der Waals surface area contributed by atoms with Crippen molar-refractivity contribution < 1.29 is 0 Å². The Balaban J connectivity index is 2.14. The molecule has 2 aromatic rings. The van der Waals surface area contributed by atoms with Crippen molar-refractivity contribution >= 4 is 22.9 Å². The zero-order valence-corrected chi connectivity index (χ0v) is 8.51. The molecule has 2 rings (SSSR count). The smallest absolute Gasteiger partial charge is 0.207 e. The molecular weight excluding hydrogens is 208 g/mol. The third-order valence-corrected chi connectivity index (χ3v) is 2.51. The fourth-order valence-corrected chi connectivity index (χ4v) is 1.85. The second-order valence-corrected chi connectivity index (χ2v) is 4.31. The Morgan fingerprint density at radius 1 is 1.54 bits per heavy atom. The molecule has 0 aliphatic carbocycles. The van der Waals surface area contributed by atoms with Crippen molar-refractivity contribution in [3.8, 4) is 0 Å². The van der Waals surface area contributed by atoms with Gasteiger partial charge in [-0.25, -0.2) is 0 Å². The highest BCUT2D eigenvalue weighted by atomic mass is 35.5. The van der Waals surface area contributed by atoms with Crippen LogP contribution in [-0.2, 0) is 6.54 Å². The van der Waals surface area contributed by atoms with Crippen LogP contribution in [0.25, 0.3) is 0 Å². The Morgan fingerprint density at radius 3 is 2.92 bits per heavy atom. The van der Waals surface area contributed by atoms with Gasteiger partial charge in [0.2, 0.25) is 4.47 Å². The maximum atomic E-state index is 5.65. The Hall–Kier alpha value is -0.940. The third kappa shape index (κ3) is 2.05. The molecule has 68 valence electrons. The fourth-order valence-electron chi connectivity index (χ4n) is 0.989. The van der Waals surface area contributed by atoms with Crippen LogP contribution < -0.4 is 0 Å². The molecule has 2 heterocycles. The average Bonchev–Trinajstić information content (AvgIpc) is 2.62. The molecule has 13 heavy (non-hydrogen) atoms. The molecule has 0 bridgehead atoms. The number of aryl methyl sites for hydroxylation is 1. The molecule has 0 N–H and O–H groups in total. The highest BCUT2D eigenvalue weighted by molar-refractivity contribution is 7.15. The molecule has 2 aromatic heterocycles. The molecule has 0 aliphatic heterocycles. The highest BCUT2D eigenvalue weighted by Crippen LogP contribution is 2.15. The van der Waals surface area contributed by atoms with E-state index in [4.69, 9.17) is 11.6 Å². The molecule has 0 amide bonds. The highest BCUT2D eigenvalue weighted by Gasteiger charge is 2.02. The maximum Gasteiger partial charge on any atom is 0.207 e. The van der Waals surface area contributed by atoms with Gasteiger partial charge in [-0.05, 0) is 24.1 Å². The summed E-state index contributed by atoms with van der Waals surface area (Å²) in [6, 6.07) is 0. The van der Waals surface area contributed by atoms with E-state index < -0.39 is 0 Å². The minimum atomic E-state index is 0.471. The number of rotatable bonds is 2. The molecule has 0 saturated carbocycles. The lowest BCUT2D eigenvalue weighted by atomic mass is 10.4. The summed E-state index contributed by atoms with van der Waals surface area (Å²) in [4.78, 5) is 0. The van der Waals surface area contributed by atoms with E-state index in [9.17, 15) is 0 Å². The van der Waals surface area contributed by atoms with Crippen LogP contribution >= 0.6 is 22.9 Å². The SMILES string of the molecule is Cc1cnn(Cc2nnc(Cl)s2)c1. The van der Waals surface area contributed by atoms with Crippen LogP contribution in [0.15, 0.2) is 12.4 Å². The maximum absolute atomic E-state index is 5.65. The number of hydrogen-bond donors (Lipinski definition) is 0. The lowest BCUT2D eigenvalue weighted by Crippen LogP contribution is -1.99. The second kappa shape index (κ2) is 3.43. The number of aromatic nitrogens is 4. The second-order valence-electron chi connectivity index (χ2n) is 2.66. The van der Waals surface area contributed by atoms with Gasteiger partial charge < -0.3 is 0 Å². The molecule has 0 saturated heterocycles. The van der Waals surface area contributed by atoms with Crippen molar-refractivity contribution in [2.45, 2.75) is 13.5 Å². The molecule has 0 atom stereocenters. The summed E-state index contributed by atoms with van der Waals surface area (Å²) in [7, 11) is 0. The van der Waals surface area contributed by atoms with Crippen LogP contribution in [0.2, 0.25) is 4.47 Å². The summed E-state index contributed by atoms with van der Waals surface area (Å²) >= 11 is 7.02. The lowest BCUT2D eigenvalue weighted by molar-refractivity contribution is 0.677. The lowest BCUT2D eigenvalue weighted by Gasteiger charge is -1.93. The van der Waals surface area contributed by atoms with Crippen LogP contribution in [0, 0.1) is 6.92 Å². The first-order chi connectivity index (χ1) is 6.24. The van der Waals surface area contributed by atoms with E-state index in [0.717, 1.165) is 10.6 Å². The molecule has 0 aliphatic rings. The van der Waals surface area contributed by atoms with Gasteiger partial charge in [-0.15, -0.1) is 10.2 Å². The summed E-state index contributed by atoms with van der Waals surface area (Å²) in [5, 5.41) is 12.6. The Labute approximate surface area is 84.2 Å². The van der Waals surface area contributed by atoms with Crippen molar-refractivity contribution in [2.75, 3.05) is 0 Å². The van der Waals surface area contributed by atoms with E-state index in [2.05, 4.69) is 15.3 Å². The van der Waals surface area contributed by atoms with Gasteiger partial charge in [0, 0.05) is 6.20 Å². The van der Waals surface area contributed by atoms with E-state index in [1.807, 2.05) is 24.0 Å². The minimum Gasteiger partial charge on any atom is -0.266 e. The summed E-state index contributed by atoms with van der Waals surface area (Å²) in [6.07, 6.45) is 3.76. The summed E-state index contributed by atoms with van der Waals surface area (Å²) in [5.41, 5.74) is 1.13. The van der Waals surface area contributed by atoms with Crippen LogP contribution in [0.3, 0.4) is 0 Å². The number of nitrogens with zero attached hydrogens (tertiary/aromatic N) is 4. The van der Waals surface area contributed by atoms with Gasteiger partial charge in [-0.3, -0.25) is 4.68 Å². The first-order valence-corrected chi connectivity index (χ1v) is 4.90. The van der Waals surface area contributed by atoms with Crippen LogP contribution in [0.1, 0.15) is 10.6 Å². The summed E-state index contributed by atoms with van der Waals surface area (Å²) in [6.45, 7) is 2.63. The van der Waals surface area contributed by atoms with E-state index >= 15 is 0 Å². The normalized spacial score (nSPS) is 10.6. The van der Waals surface area contributed by atoms with E-state index in [-0.39, 0.29) is 0 Å². The van der Waals surface area contributed by atoms with Crippen molar-refractivity contribution in [3.63, 3.8) is 0 Å². The van der Waals surface area contributed by atoms with Gasteiger partial charge in [0.25, 0.3) is 0 Å². The average molecular weight is 215 g/mol. The summed E-state index contributed by atoms with van der Waals surface area (Å²) < 4.78 is 2.28. The molecule has 0 unspecified atom stereocenters. The van der Waals surface area contributed by atoms with Crippen molar-refractivity contribution in [1.82, 2.24) is 20.0 Å². The van der Waals surface area contributed by atoms with E-state index in [1.54, 1.807) is 0 Å². The molecule has 0 fully saturated rings. The van der Waals surface area contributed by atoms with Gasteiger partial charge in [-0.2, -0.15) is 5.10 Å². The molecule has 0 aromatic carbocycles. The number of halogens is 1. The van der Waals surface area contributed by atoms with Crippen LogP contribution in [0.5, 0.6) is 0 Å². The predicted molar refractivity (Wildman–Crippen MR) is 51.0 cm³/mol. The van der Waals surface area contributed by atoms with Gasteiger partial charge in [0.05, 0.1) is 12.7 Å². The monoisotopic (exact) mass is 214 g/mol. The van der Waals surface area contributed by atoms with Crippen molar-refractivity contribution in [2.24, 2.45) is 0 Å². The van der Waals surface area contributed by atoms with E-state index in [0.29, 0.717) is 11.0 Å². The summed E-state index contributed by atoms with van der Waals surface area (Å²) in [5.74, 6) is 0. The first-order valence-electron chi connectivity index (χ1n) is 3.71.